The molecule has 1 aromatic rings. The highest BCUT2D eigenvalue weighted by molar-refractivity contribution is 6.30. The SMILES string of the molecule is C1=CCc2c3c(ccc2=C1)=C1\C=C/C=C\C=C/C1=N3. The second-order valence-corrected chi connectivity index (χ2v) is 4.84. The molecule has 1 aliphatic heterocycles. The van der Waals surface area contributed by atoms with Crippen LogP contribution in [-0.4, -0.2) is 5.71 Å². The van der Waals surface area contributed by atoms with Crippen molar-refractivity contribution in [2.45, 2.75) is 6.42 Å². The summed E-state index contributed by atoms with van der Waals surface area (Å²) in [5.41, 5.74) is 4.80. The van der Waals surface area contributed by atoms with E-state index in [9.17, 15) is 0 Å². The van der Waals surface area contributed by atoms with Gasteiger partial charge in [-0.2, -0.15) is 0 Å². The molecule has 90 valence electrons. The second kappa shape index (κ2) is 4.06. The fraction of sp³-hybridized carbons (Fsp3) is 0.0556. The smallest absolute Gasteiger partial charge is 0.0757 e. The van der Waals surface area contributed by atoms with Gasteiger partial charge in [0.25, 0.3) is 0 Å². The lowest BCUT2D eigenvalue weighted by Gasteiger charge is -2.06. The van der Waals surface area contributed by atoms with Gasteiger partial charge in [0.05, 0.1) is 11.4 Å². The normalized spacial score (nSPS) is 23.2. The van der Waals surface area contributed by atoms with Crippen molar-refractivity contribution in [3.8, 4) is 0 Å². The van der Waals surface area contributed by atoms with E-state index in [1.807, 2.05) is 18.2 Å². The molecule has 0 bridgehead atoms. The molecule has 0 N–H and O–H groups in total. The van der Waals surface area contributed by atoms with Gasteiger partial charge in [0, 0.05) is 10.8 Å². The van der Waals surface area contributed by atoms with Crippen molar-refractivity contribution in [1.29, 1.82) is 0 Å². The molecule has 2 aliphatic carbocycles. The molecule has 0 spiro atoms. The zero-order valence-corrected chi connectivity index (χ0v) is 10.5. The Bertz CT molecular complexity index is 827. The maximum absolute atomic E-state index is 4.84. The summed E-state index contributed by atoms with van der Waals surface area (Å²) in [7, 11) is 0. The molecule has 4 rings (SSSR count). The van der Waals surface area contributed by atoms with Crippen molar-refractivity contribution in [2.24, 2.45) is 4.99 Å². The van der Waals surface area contributed by atoms with Gasteiger partial charge >= 0.3 is 0 Å². The van der Waals surface area contributed by atoms with Gasteiger partial charge in [-0.05, 0) is 23.3 Å². The highest BCUT2D eigenvalue weighted by atomic mass is 14.8. The first-order valence-electron chi connectivity index (χ1n) is 6.57. The minimum Gasteiger partial charge on any atom is -0.247 e. The average Bonchev–Trinajstić information content (AvgIpc) is 2.76. The molecule has 0 fully saturated rings. The monoisotopic (exact) mass is 243 g/mol. The molecule has 0 amide bonds. The van der Waals surface area contributed by atoms with E-state index in [1.165, 1.54) is 21.6 Å². The molecule has 0 aromatic heterocycles. The lowest BCUT2D eigenvalue weighted by molar-refractivity contribution is 1.20. The third kappa shape index (κ3) is 1.59. The fourth-order valence-corrected chi connectivity index (χ4v) is 2.77. The topological polar surface area (TPSA) is 12.4 Å². The number of hydrogen-bond acceptors (Lipinski definition) is 1. The minimum absolute atomic E-state index is 0.977. The highest BCUT2D eigenvalue weighted by Crippen LogP contribution is 2.23. The van der Waals surface area contributed by atoms with Crippen molar-refractivity contribution in [3.05, 3.63) is 76.7 Å². The van der Waals surface area contributed by atoms with Crippen molar-refractivity contribution in [3.63, 3.8) is 0 Å². The predicted molar refractivity (Wildman–Crippen MR) is 80.9 cm³/mol. The van der Waals surface area contributed by atoms with Crippen LogP contribution in [0, 0.1) is 0 Å². The van der Waals surface area contributed by atoms with E-state index in [0.29, 0.717) is 0 Å². The van der Waals surface area contributed by atoms with Gasteiger partial charge in [0.2, 0.25) is 0 Å². The van der Waals surface area contributed by atoms with E-state index in [2.05, 4.69) is 48.6 Å². The Morgan fingerprint density at radius 2 is 1.79 bits per heavy atom. The summed E-state index contributed by atoms with van der Waals surface area (Å²) < 4.78 is 0. The summed E-state index contributed by atoms with van der Waals surface area (Å²) in [5.74, 6) is 0. The van der Waals surface area contributed by atoms with E-state index in [4.69, 9.17) is 4.99 Å². The first kappa shape index (κ1) is 10.5. The van der Waals surface area contributed by atoms with Crippen molar-refractivity contribution in [1.82, 2.24) is 0 Å². The summed E-state index contributed by atoms with van der Waals surface area (Å²) in [6.45, 7) is 0. The van der Waals surface area contributed by atoms with Crippen LogP contribution in [0.2, 0.25) is 0 Å². The van der Waals surface area contributed by atoms with Gasteiger partial charge in [0.15, 0.2) is 0 Å². The van der Waals surface area contributed by atoms with Crippen LogP contribution in [0.4, 0.5) is 5.69 Å². The molecular formula is C18H13N. The molecule has 3 aliphatic rings. The molecule has 0 radical (unpaired) electrons. The van der Waals surface area contributed by atoms with Gasteiger partial charge < -0.3 is 0 Å². The summed E-state index contributed by atoms with van der Waals surface area (Å²) in [5, 5.41) is 2.56. The fourth-order valence-electron chi connectivity index (χ4n) is 2.77. The maximum atomic E-state index is 4.84. The van der Waals surface area contributed by atoms with Crippen LogP contribution in [0.25, 0.3) is 11.6 Å². The van der Waals surface area contributed by atoms with Crippen molar-refractivity contribution < 1.29 is 0 Å². The van der Waals surface area contributed by atoms with Crippen LogP contribution >= 0.6 is 0 Å². The number of rotatable bonds is 0. The standard InChI is InChI=1S/C18H13N/c1-2-4-10-17-15(9-3-1)16-12-11-13-7-5-6-8-14(13)18(16)19-17/h1-7,9-12H,8H2/b2-1-,9-3-,10-4-. The largest absolute Gasteiger partial charge is 0.247 e. The molecule has 1 aromatic carbocycles. The van der Waals surface area contributed by atoms with E-state index < -0.39 is 0 Å². The lowest BCUT2D eigenvalue weighted by Crippen LogP contribution is -2.17. The molecular weight excluding hydrogens is 230 g/mol. The number of benzene rings is 1. The van der Waals surface area contributed by atoms with Gasteiger partial charge in [0.1, 0.15) is 0 Å². The van der Waals surface area contributed by atoms with Gasteiger partial charge in [-0.3, -0.25) is 0 Å². The Hall–Kier alpha value is -2.41. The Labute approximate surface area is 112 Å². The van der Waals surface area contributed by atoms with Crippen molar-refractivity contribution in [2.75, 3.05) is 0 Å². The summed E-state index contributed by atoms with van der Waals surface area (Å²) >= 11 is 0. The van der Waals surface area contributed by atoms with E-state index in [1.54, 1.807) is 0 Å². The average molecular weight is 243 g/mol. The molecule has 0 unspecified atom stereocenters. The summed E-state index contributed by atoms with van der Waals surface area (Å²) in [4.78, 5) is 4.84. The zero-order valence-electron chi connectivity index (χ0n) is 10.5. The van der Waals surface area contributed by atoms with Crippen LogP contribution in [0.3, 0.4) is 0 Å². The molecule has 0 saturated carbocycles. The van der Waals surface area contributed by atoms with E-state index in [0.717, 1.165) is 17.8 Å². The van der Waals surface area contributed by atoms with Crippen LogP contribution < -0.4 is 10.4 Å². The predicted octanol–water partition coefficient (Wildman–Crippen LogP) is 2.50. The Morgan fingerprint density at radius 3 is 2.74 bits per heavy atom. The third-order valence-electron chi connectivity index (χ3n) is 3.70. The molecule has 1 heteroatoms. The van der Waals surface area contributed by atoms with E-state index in [-0.39, 0.29) is 0 Å². The number of fused-ring (bicyclic) bond motifs is 4. The summed E-state index contributed by atoms with van der Waals surface area (Å²) in [6.07, 6.45) is 19.9. The number of hydrogen-bond donors (Lipinski definition) is 0. The van der Waals surface area contributed by atoms with Crippen LogP contribution in [0.15, 0.2) is 65.7 Å². The first-order valence-corrected chi connectivity index (χ1v) is 6.57. The third-order valence-corrected chi connectivity index (χ3v) is 3.70. The van der Waals surface area contributed by atoms with Crippen molar-refractivity contribution >= 4 is 23.0 Å². The number of nitrogens with zero attached hydrogens (tertiary/aromatic N) is 1. The van der Waals surface area contributed by atoms with Gasteiger partial charge in [-0.25, -0.2) is 4.99 Å². The molecule has 1 nitrogen and oxygen atoms in total. The Balaban J connectivity index is 2.07. The molecule has 0 atom stereocenters. The zero-order chi connectivity index (χ0) is 12.7. The van der Waals surface area contributed by atoms with E-state index >= 15 is 0 Å². The van der Waals surface area contributed by atoms with Gasteiger partial charge in [-0.15, -0.1) is 0 Å². The van der Waals surface area contributed by atoms with Crippen LogP contribution in [0.5, 0.6) is 0 Å². The summed E-state index contributed by atoms with van der Waals surface area (Å²) in [6, 6.07) is 4.40. The number of allylic oxidation sites excluding steroid dienone is 8. The van der Waals surface area contributed by atoms with Gasteiger partial charge in [-0.1, -0.05) is 60.7 Å². The molecule has 0 saturated heterocycles. The Kier molecular flexibility index (Phi) is 2.25. The van der Waals surface area contributed by atoms with Crippen LogP contribution in [0.1, 0.15) is 5.56 Å². The minimum atomic E-state index is 0.977. The first-order chi connectivity index (χ1) is 9.43. The molecule has 1 heterocycles. The number of aliphatic imine (C=N–C) groups is 1. The quantitative estimate of drug-likeness (QED) is 0.664. The molecule has 19 heavy (non-hydrogen) atoms. The van der Waals surface area contributed by atoms with Crippen LogP contribution in [-0.2, 0) is 6.42 Å². The second-order valence-electron chi connectivity index (χ2n) is 4.84. The Morgan fingerprint density at radius 1 is 0.895 bits per heavy atom. The maximum Gasteiger partial charge on any atom is 0.0757 e. The lowest BCUT2D eigenvalue weighted by atomic mass is 9.99. The highest BCUT2D eigenvalue weighted by Gasteiger charge is 2.16.